The molecule has 0 unspecified atom stereocenters. The van der Waals surface area contributed by atoms with E-state index in [-0.39, 0.29) is 23.0 Å². The first-order valence-electron chi connectivity index (χ1n) is 4.75. The molecule has 0 aliphatic carbocycles. The number of hydrogen-bond acceptors (Lipinski definition) is 4. The maximum absolute atomic E-state index is 10.6. The minimum Gasteiger partial charge on any atom is -0.492 e. The molecule has 0 saturated heterocycles. The Bertz CT molecular complexity index is 398. The number of likely N-dealkylation sites (N-methyl/N-ethyl adjacent to an activating group) is 1. The number of halogens is 1. The smallest absolute Gasteiger partial charge is 0.270 e. The molecule has 0 aromatic heterocycles. The highest BCUT2D eigenvalue weighted by atomic mass is 35.5. The summed E-state index contributed by atoms with van der Waals surface area (Å²) >= 11 is 0. The van der Waals surface area contributed by atoms with Crippen LogP contribution in [-0.4, -0.2) is 30.0 Å². The van der Waals surface area contributed by atoms with Crippen molar-refractivity contribution in [1.82, 2.24) is 4.90 Å². The maximum Gasteiger partial charge on any atom is 0.270 e. The van der Waals surface area contributed by atoms with E-state index in [0.29, 0.717) is 13.2 Å². The van der Waals surface area contributed by atoms with E-state index in [0.717, 1.165) is 17.9 Å². The number of nitro benzene ring substituents is 1. The summed E-state index contributed by atoms with van der Waals surface area (Å²) in [7, 11) is 1.97. The Hall–Kier alpha value is -1.33. The van der Waals surface area contributed by atoms with E-state index in [1.807, 2.05) is 7.05 Å². The fraction of sp³-hybridized carbons (Fsp3) is 0.400. The lowest BCUT2D eigenvalue weighted by Gasteiger charge is -2.10. The van der Waals surface area contributed by atoms with Gasteiger partial charge >= 0.3 is 0 Å². The van der Waals surface area contributed by atoms with Gasteiger partial charge in [0.15, 0.2) is 0 Å². The number of benzene rings is 1. The quantitative estimate of drug-likeness (QED) is 0.559. The topological polar surface area (TPSA) is 55.6 Å². The fourth-order valence-corrected chi connectivity index (χ4v) is 1.63. The van der Waals surface area contributed by atoms with Gasteiger partial charge in [0.05, 0.1) is 4.92 Å². The van der Waals surface area contributed by atoms with E-state index in [2.05, 4.69) is 4.90 Å². The molecule has 0 saturated carbocycles. The van der Waals surface area contributed by atoms with Crippen LogP contribution in [-0.2, 0) is 6.54 Å². The fourth-order valence-electron chi connectivity index (χ4n) is 1.63. The molecule has 0 N–H and O–H groups in total. The third kappa shape index (κ3) is 2.62. The summed E-state index contributed by atoms with van der Waals surface area (Å²) in [5.41, 5.74) is 0.997. The van der Waals surface area contributed by atoms with Gasteiger partial charge in [0.1, 0.15) is 12.4 Å². The van der Waals surface area contributed by atoms with Crippen LogP contribution in [0.1, 0.15) is 5.56 Å². The molecule has 0 atom stereocenters. The first kappa shape index (κ1) is 12.7. The van der Waals surface area contributed by atoms with Crippen LogP contribution in [0, 0.1) is 10.1 Å². The Morgan fingerprint density at radius 3 is 2.94 bits per heavy atom. The van der Waals surface area contributed by atoms with Crippen LogP contribution in [0.15, 0.2) is 18.2 Å². The first-order chi connectivity index (χ1) is 7.16. The van der Waals surface area contributed by atoms with Crippen molar-refractivity contribution in [3.8, 4) is 5.75 Å². The number of ether oxygens (including phenoxy) is 1. The predicted molar refractivity (Wildman–Crippen MR) is 62.2 cm³/mol. The summed E-state index contributed by atoms with van der Waals surface area (Å²) < 4.78 is 5.49. The molecule has 1 aromatic carbocycles. The number of hydrogen-bond donors (Lipinski definition) is 0. The molecule has 1 aromatic rings. The van der Waals surface area contributed by atoms with Gasteiger partial charge in [-0.15, -0.1) is 12.4 Å². The molecule has 0 fully saturated rings. The van der Waals surface area contributed by atoms with Gasteiger partial charge in [-0.3, -0.25) is 15.0 Å². The number of non-ortho nitro benzene ring substituents is 1. The van der Waals surface area contributed by atoms with Gasteiger partial charge in [0, 0.05) is 30.8 Å². The van der Waals surface area contributed by atoms with E-state index < -0.39 is 0 Å². The Labute approximate surface area is 99.6 Å². The number of nitrogens with zero attached hydrogens (tertiary/aromatic N) is 2. The minimum atomic E-state index is -0.384. The Balaban J connectivity index is 0.00000128. The van der Waals surface area contributed by atoms with Crippen molar-refractivity contribution in [2.24, 2.45) is 0 Å². The highest BCUT2D eigenvalue weighted by Crippen LogP contribution is 2.26. The minimum absolute atomic E-state index is 0. The van der Waals surface area contributed by atoms with Gasteiger partial charge in [-0.1, -0.05) is 0 Å². The van der Waals surface area contributed by atoms with Crippen LogP contribution < -0.4 is 4.74 Å². The Morgan fingerprint density at radius 2 is 2.25 bits per heavy atom. The van der Waals surface area contributed by atoms with Crippen molar-refractivity contribution >= 4 is 18.1 Å². The van der Waals surface area contributed by atoms with Crippen LogP contribution in [0.25, 0.3) is 0 Å². The van der Waals surface area contributed by atoms with Gasteiger partial charge in [0.25, 0.3) is 5.69 Å². The normalized spacial score (nSPS) is 15.3. The highest BCUT2D eigenvalue weighted by Gasteiger charge is 2.16. The number of nitro groups is 1. The first-order valence-corrected chi connectivity index (χ1v) is 4.75. The van der Waals surface area contributed by atoms with Crippen LogP contribution in [0.3, 0.4) is 0 Å². The van der Waals surface area contributed by atoms with Crippen molar-refractivity contribution in [2.45, 2.75) is 6.54 Å². The molecule has 0 spiro atoms. The summed E-state index contributed by atoms with van der Waals surface area (Å²) in [6.07, 6.45) is 0. The second kappa shape index (κ2) is 5.14. The largest absolute Gasteiger partial charge is 0.492 e. The van der Waals surface area contributed by atoms with Crippen LogP contribution in [0.2, 0.25) is 0 Å². The lowest BCUT2D eigenvalue weighted by atomic mass is 10.1. The molecule has 1 aliphatic rings. The molecule has 16 heavy (non-hydrogen) atoms. The highest BCUT2D eigenvalue weighted by molar-refractivity contribution is 5.85. The molecule has 5 nitrogen and oxygen atoms in total. The molecular weight excluding hydrogens is 232 g/mol. The molecule has 0 radical (unpaired) electrons. The van der Waals surface area contributed by atoms with Crippen LogP contribution in [0.4, 0.5) is 5.69 Å². The molecule has 2 rings (SSSR count). The third-order valence-electron chi connectivity index (χ3n) is 2.43. The standard InChI is InChI=1S/C10H12N2O3.ClH/c1-11-4-5-15-10-3-2-9(12(13)14)6-8(10)7-11;/h2-3,6H,4-5,7H2,1H3;1H. The summed E-state index contributed by atoms with van der Waals surface area (Å²) in [4.78, 5) is 12.3. The van der Waals surface area contributed by atoms with E-state index in [1.54, 1.807) is 12.1 Å². The van der Waals surface area contributed by atoms with Gasteiger partial charge in [0.2, 0.25) is 0 Å². The van der Waals surface area contributed by atoms with Crippen molar-refractivity contribution in [2.75, 3.05) is 20.2 Å². The van der Waals surface area contributed by atoms with Gasteiger partial charge < -0.3 is 4.74 Å². The maximum atomic E-state index is 10.6. The molecule has 0 bridgehead atoms. The van der Waals surface area contributed by atoms with E-state index >= 15 is 0 Å². The SMILES string of the molecule is CN1CCOc2ccc([N+](=O)[O-])cc2C1.Cl. The van der Waals surface area contributed by atoms with E-state index in [1.165, 1.54) is 6.07 Å². The van der Waals surface area contributed by atoms with Crippen molar-refractivity contribution in [1.29, 1.82) is 0 Å². The molecule has 6 heteroatoms. The molecular formula is C10H13ClN2O3. The van der Waals surface area contributed by atoms with Gasteiger partial charge in [-0.05, 0) is 13.1 Å². The Morgan fingerprint density at radius 1 is 1.50 bits per heavy atom. The van der Waals surface area contributed by atoms with Crippen molar-refractivity contribution < 1.29 is 9.66 Å². The number of rotatable bonds is 1. The summed E-state index contributed by atoms with van der Waals surface area (Å²) in [5.74, 6) is 0.755. The van der Waals surface area contributed by atoms with Gasteiger partial charge in [-0.2, -0.15) is 0 Å². The van der Waals surface area contributed by atoms with Gasteiger partial charge in [-0.25, -0.2) is 0 Å². The zero-order valence-corrected chi connectivity index (χ0v) is 9.70. The monoisotopic (exact) mass is 244 g/mol. The lowest BCUT2D eigenvalue weighted by molar-refractivity contribution is -0.384. The van der Waals surface area contributed by atoms with Crippen molar-refractivity contribution in [3.05, 3.63) is 33.9 Å². The predicted octanol–water partition coefficient (Wildman–Crippen LogP) is 1.84. The summed E-state index contributed by atoms with van der Waals surface area (Å²) in [5, 5.41) is 10.6. The van der Waals surface area contributed by atoms with Crippen LogP contribution in [0.5, 0.6) is 5.75 Å². The second-order valence-electron chi connectivity index (χ2n) is 3.64. The zero-order valence-electron chi connectivity index (χ0n) is 8.88. The van der Waals surface area contributed by atoms with Crippen molar-refractivity contribution in [3.63, 3.8) is 0 Å². The van der Waals surface area contributed by atoms with E-state index in [9.17, 15) is 10.1 Å². The Kier molecular flexibility index (Phi) is 4.09. The average molecular weight is 245 g/mol. The third-order valence-corrected chi connectivity index (χ3v) is 2.43. The lowest BCUT2D eigenvalue weighted by Crippen LogP contribution is -2.20. The zero-order chi connectivity index (χ0) is 10.8. The second-order valence-corrected chi connectivity index (χ2v) is 3.64. The van der Waals surface area contributed by atoms with E-state index in [4.69, 9.17) is 4.74 Å². The summed E-state index contributed by atoms with van der Waals surface area (Å²) in [6.45, 7) is 2.15. The molecule has 1 heterocycles. The molecule has 1 aliphatic heterocycles. The summed E-state index contributed by atoms with van der Waals surface area (Å²) in [6, 6.07) is 4.73. The van der Waals surface area contributed by atoms with Crippen LogP contribution >= 0.6 is 12.4 Å². The molecule has 0 amide bonds. The average Bonchev–Trinajstić information content (AvgIpc) is 2.37. The number of fused-ring (bicyclic) bond motifs is 1. The molecule has 88 valence electrons.